The van der Waals surface area contributed by atoms with Crippen LogP contribution in [0, 0.1) is 5.41 Å². The summed E-state index contributed by atoms with van der Waals surface area (Å²) in [5.74, 6) is 0.950. The van der Waals surface area contributed by atoms with Crippen LogP contribution in [0.1, 0.15) is 24.4 Å². The molecule has 94 valence electrons. The number of benzene rings is 1. The van der Waals surface area contributed by atoms with Crippen molar-refractivity contribution in [3.63, 3.8) is 0 Å². The van der Waals surface area contributed by atoms with Crippen LogP contribution in [0.4, 0.5) is 4.79 Å². The summed E-state index contributed by atoms with van der Waals surface area (Å²) in [7, 11) is 1.61. The number of hydrogen-bond acceptors (Lipinski definition) is 3. The fourth-order valence-electron chi connectivity index (χ4n) is 2.43. The Labute approximate surface area is 105 Å². The van der Waals surface area contributed by atoms with E-state index in [9.17, 15) is 4.79 Å². The number of carbonyl (C=O) groups is 1. The Morgan fingerprint density at radius 3 is 2.78 bits per heavy atom. The Hall–Kier alpha value is -2.04. The molecule has 1 atom stereocenters. The third-order valence-electron chi connectivity index (χ3n) is 3.40. The molecular formula is C13H15N3O2. The van der Waals surface area contributed by atoms with E-state index in [1.807, 2.05) is 24.3 Å². The van der Waals surface area contributed by atoms with Crippen LogP contribution in [0.3, 0.4) is 0 Å². The van der Waals surface area contributed by atoms with Gasteiger partial charge in [-0.1, -0.05) is 18.2 Å². The lowest BCUT2D eigenvalue weighted by molar-refractivity contribution is 0.202. The Bertz CT molecular complexity index is 511. The fourth-order valence-corrected chi connectivity index (χ4v) is 2.43. The van der Waals surface area contributed by atoms with E-state index in [1.54, 1.807) is 12.0 Å². The number of nitrogens with zero attached hydrogens (tertiary/aromatic N) is 1. The van der Waals surface area contributed by atoms with Gasteiger partial charge in [0.15, 0.2) is 0 Å². The Morgan fingerprint density at radius 1 is 1.39 bits per heavy atom. The summed E-state index contributed by atoms with van der Waals surface area (Å²) in [5, 5.41) is 10.6. The maximum absolute atomic E-state index is 11.9. The summed E-state index contributed by atoms with van der Waals surface area (Å²) in [6.07, 6.45) is 2.04. The first-order valence-electron chi connectivity index (χ1n) is 6.03. The summed E-state index contributed by atoms with van der Waals surface area (Å²) in [6.45, 7) is 0. The summed E-state index contributed by atoms with van der Waals surface area (Å²) in [6, 6.07) is 7.32. The predicted octanol–water partition coefficient (Wildman–Crippen LogP) is 1.90. The Morgan fingerprint density at radius 2 is 2.11 bits per heavy atom. The number of rotatable bonds is 3. The average molecular weight is 245 g/mol. The SMILES string of the molecule is COc1ccccc1C1C(=N)NC(=O)N1C1CC1. The van der Waals surface area contributed by atoms with Gasteiger partial charge in [0.25, 0.3) is 0 Å². The van der Waals surface area contributed by atoms with Gasteiger partial charge in [0.1, 0.15) is 17.6 Å². The molecule has 0 spiro atoms. The van der Waals surface area contributed by atoms with Gasteiger partial charge in [0.2, 0.25) is 0 Å². The van der Waals surface area contributed by atoms with Crippen LogP contribution in [0.2, 0.25) is 0 Å². The summed E-state index contributed by atoms with van der Waals surface area (Å²) in [5.41, 5.74) is 0.871. The molecule has 0 radical (unpaired) electrons. The van der Waals surface area contributed by atoms with Crippen molar-refractivity contribution in [1.82, 2.24) is 10.2 Å². The second kappa shape index (κ2) is 4.01. The molecule has 0 bridgehead atoms. The molecule has 0 aromatic heterocycles. The molecule has 2 amide bonds. The van der Waals surface area contributed by atoms with Crippen molar-refractivity contribution in [1.29, 1.82) is 5.41 Å². The number of urea groups is 1. The highest BCUT2D eigenvalue weighted by Gasteiger charge is 2.45. The molecule has 2 fully saturated rings. The predicted molar refractivity (Wildman–Crippen MR) is 66.9 cm³/mol. The molecule has 1 aromatic carbocycles. The Balaban J connectivity index is 2.02. The topological polar surface area (TPSA) is 65.4 Å². The molecule has 1 saturated heterocycles. The van der Waals surface area contributed by atoms with Crippen molar-refractivity contribution in [3.05, 3.63) is 29.8 Å². The second-order valence-electron chi connectivity index (χ2n) is 4.63. The highest BCUT2D eigenvalue weighted by molar-refractivity contribution is 6.06. The van der Waals surface area contributed by atoms with E-state index in [1.165, 1.54) is 0 Å². The normalized spacial score (nSPS) is 23.2. The lowest BCUT2D eigenvalue weighted by Crippen LogP contribution is -2.32. The van der Waals surface area contributed by atoms with E-state index in [-0.39, 0.29) is 24.0 Å². The fraction of sp³-hybridized carbons (Fsp3) is 0.385. The van der Waals surface area contributed by atoms with E-state index in [0.29, 0.717) is 0 Å². The molecule has 5 nitrogen and oxygen atoms in total. The number of amides is 2. The molecular weight excluding hydrogens is 230 g/mol. The number of nitrogens with one attached hydrogen (secondary N) is 2. The van der Waals surface area contributed by atoms with E-state index in [2.05, 4.69) is 5.32 Å². The van der Waals surface area contributed by atoms with Gasteiger partial charge >= 0.3 is 6.03 Å². The van der Waals surface area contributed by atoms with Crippen molar-refractivity contribution in [2.24, 2.45) is 0 Å². The van der Waals surface area contributed by atoms with E-state index >= 15 is 0 Å². The summed E-state index contributed by atoms with van der Waals surface area (Å²) in [4.78, 5) is 13.6. The van der Waals surface area contributed by atoms with Gasteiger partial charge in [0, 0.05) is 11.6 Å². The van der Waals surface area contributed by atoms with Crippen molar-refractivity contribution in [2.45, 2.75) is 24.9 Å². The van der Waals surface area contributed by atoms with Gasteiger partial charge < -0.3 is 9.64 Å². The molecule has 1 unspecified atom stereocenters. The molecule has 1 aliphatic carbocycles. The highest BCUT2D eigenvalue weighted by atomic mass is 16.5. The van der Waals surface area contributed by atoms with Crippen molar-refractivity contribution < 1.29 is 9.53 Å². The summed E-state index contributed by atoms with van der Waals surface area (Å²) < 4.78 is 5.33. The smallest absolute Gasteiger partial charge is 0.323 e. The number of para-hydroxylation sites is 1. The molecule has 2 aliphatic rings. The molecule has 1 heterocycles. The van der Waals surface area contributed by atoms with Gasteiger partial charge in [-0.25, -0.2) is 4.79 Å². The van der Waals surface area contributed by atoms with Gasteiger partial charge in [-0.05, 0) is 18.9 Å². The van der Waals surface area contributed by atoms with Gasteiger partial charge in [-0.3, -0.25) is 10.7 Å². The minimum absolute atomic E-state index is 0.168. The zero-order chi connectivity index (χ0) is 12.7. The van der Waals surface area contributed by atoms with Crippen LogP contribution in [-0.4, -0.2) is 29.9 Å². The van der Waals surface area contributed by atoms with Crippen molar-refractivity contribution in [2.75, 3.05) is 7.11 Å². The molecule has 1 aliphatic heterocycles. The van der Waals surface area contributed by atoms with Crippen LogP contribution < -0.4 is 10.1 Å². The zero-order valence-corrected chi connectivity index (χ0v) is 10.1. The van der Waals surface area contributed by atoms with Crippen molar-refractivity contribution in [3.8, 4) is 5.75 Å². The van der Waals surface area contributed by atoms with Crippen LogP contribution in [0.25, 0.3) is 0 Å². The van der Waals surface area contributed by atoms with Gasteiger partial charge in [-0.2, -0.15) is 0 Å². The maximum atomic E-state index is 11.9. The van der Waals surface area contributed by atoms with Crippen LogP contribution in [0.5, 0.6) is 5.75 Å². The number of methoxy groups -OCH3 is 1. The lowest BCUT2D eigenvalue weighted by Gasteiger charge is -2.24. The first-order valence-corrected chi connectivity index (χ1v) is 6.03. The van der Waals surface area contributed by atoms with Crippen LogP contribution in [0.15, 0.2) is 24.3 Å². The van der Waals surface area contributed by atoms with Gasteiger partial charge in [0.05, 0.1) is 7.11 Å². The minimum Gasteiger partial charge on any atom is -0.496 e. The van der Waals surface area contributed by atoms with E-state index in [0.717, 1.165) is 24.2 Å². The monoisotopic (exact) mass is 245 g/mol. The highest BCUT2D eigenvalue weighted by Crippen LogP contribution is 2.39. The maximum Gasteiger partial charge on any atom is 0.323 e. The van der Waals surface area contributed by atoms with Crippen molar-refractivity contribution >= 4 is 11.9 Å². The second-order valence-corrected chi connectivity index (χ2v) is 4.63. The van der Waals surface area contributed by atoms with E-state index in [4.69, 9.17) is 10.1 Å². The Kier molecular flexibility index (Phi) is 2.47. The third-order valence-corrected chi connectivity index (χ3v) is 3.40. The number of ether oxygens (including phenoxy) is 1. The largest absolute Gasteiger partial charge is 0.496 e. The van der Waals surface area contributed by atoms with E-state index < -0.39 is 0 Å². The molecule has 2 N–H and O–H groups in total. The van der Waals surface area contributed by atoms with Crippen LogP contribution >= 0.6 is 0 Å². The first-order chi connectivity index (χ1) is 8.72. The number of hydrogen-bond donors (Lipinski definition) is 2. The molecule has 5 heteroatoms. The molecule has 18 heavy (non-hydrogen) atoms. The lowest BCUT2D eigenvalue weighted by atomic mass is 10.0. The van der Waals surface area contributed by atoms with Crippen LogP contribution in [-0.2, 0) is 0 Å². The molecule has 3 rings (SSSR count). The average Bonchev–Trinajstić information content (AvgIpc) is 3.15. The first kappa shape index (κ1) is 11.1. The quantitative estimate of drug-likeness (QED) is 0.854. The minimum atomic E-state index is -0.332. The third kappa shape index (κ3) is 1.63. The standard InChI is InChI=1S/C13H15N3O2/c1-18-10-5-3-2-4-9(10)11-12(14)15-13(17)16(11)8-6-7-8/h2-5,8,11H,6-7H2,1H3,(H2,14,15,17). The van der Waals surface area contributed by atoms with Gasteiger partial charge in [-0.15, -0.1) is 0 Å². The summed E-state index contributed by atoms with van der Waals surface area (Å²) >= 11 is 0. The zero-order valence-electron chi connectivity index (χ0n) is 10.1. The molecule has 1 aromatic rings. The number of amidine groups is 1. The molecule has 1 saturated carbocycles. The number of carbonyl (C=O) groups excluding carboxylic acids is 1.